The van der Waals surface area contributed by atoms with Gasteiger partial charge in [0.15, 0.2) is 5.82 Å². The molecule has 5 heteroatoms. The van der Waals surface area contributed by atoms with E-state index < -0.39 is 0 Å². The third-order valence-corrected chi connectivity index (χ3v) is 3.83. The van der Waals surface area contributed by atoms with Crippen molar-refractivity contribution in [2.45, 2.75) is 39.5 Å². The molecule has 1 fully saturated rings. The van der Waals surface area contributed by atoms with Crippen LogP contribution in [0.25, 0.3) is 0 Å². The van der Waals surface area contributed by atoms with E-state index in [1.165, 1.54) is 19.3 Å². The first-order chi connectivity index (χ1) is 9.20. The molecule has 1 aromatic heterocycles. The van der Waals surface area contributed by atoms with Crippen molar-refractivity contribution in [3.05, 3.63) is 6.20 Å². The van der Waals surface area contributed by atoms with Crippen molar-refractivity contribution >= 4 is 11.8 Å². The summed E-state index contributed by atoms with van der Waals surface area (Å²) in [5.41, 5.74) is 0. The Bertz CT molecular complexity index is 387. The Morgan fingerprint density at radius 2 is 2.11 bits per heavy atom. The number of unbranched alkanes of at least 4 members (excludes halogenated alkanes) is 1. The average Bonchev–Trinajstić information content (AvgIpc) is 2.45. The van der Waals surface area contributed by atoms with Gasteiger partial charge in [-0.25, -0.2) is 0 Å². The number of hydrogen-bond donors (Lipinski definition) is 0. The molecular weight excluding hydrogens is 238 g/mol. The molecule has 1 aliphatic rings. The summed E-state index contributed by atoms with van der Waals surface area (Å²) in [7, 11) is 2.04. The van der Waals surface area contributed by atoms with Crippen LogP contribution in [0.4, 0.5) is 11.8 Å². The third-order valence-electron chi connectivity index (χ3n) is 3.83. The van der Waals surface area contributed by atoms with E-state index in [1.54, 1.807) is 6.20 Å². The number of rotatable bonds is 5. The van der Waals surface area contributed by atoms with Crippen LogP contribution in [0.2, 0.25) is 0 Å². The number of piperidine rings is 1. The summed E-state index contributed by atoms with van der Waals surface area (Å²) in [5.74, 6) is 2.54. The Morgan fingerprint density at radius 3 is 2.79 bits per heavy atom. The standard InChI is InChI=1S/C14H25N5/c1-4-5-8-18(3)14-16-13(11-15-17-14)19-9-6-12(2)7-10-19/h11-12H,4-10H2,1-3H3. The first-order valence-corrected chi connectivity index (χ1v) is 7.36. The molecule has 1 aromatic rings. The molecule has 0 aromatic carbocycles. The van der Waals surface area contributed by atoms with Crippen molar-refractivity contribution < 1.29 is 0 Å². The fraction of sp³-hybridized carbons (Fsp3) is 0.786. The van der Waals surface area contributed by atoms with Gasteiger partial charge in [0.25, 0.3) is 0 Å². The van der Waals surface area contributed by atoms with Gasteiger partial charge < -0.3 is 9.80 Å². The summed E-state index contributed by atoms with van der Waals surface area (Å²) in [6.45, 7) is 7.66. The van der Waals surface area contributed by atoms with Gasteiger partial charge in [0, 0.05) is 26.7 Å². The summed E-state index contributed by atoms with van der Waals surface area (Å²) >= 11 is 0. The van der Waals surface area contributed by atoms with Gasteiger partial charge in [-0.05, 0) is 25.2 Å². The van der Waals surface area contributed by atoms with Crippen LogP contribution in [0, 0.1) is 5.92 Å². The second kappa shape index (κ2) is 6.68. The molecule has 0 radical (unpaired) electrons. The van der Waals surface area contributed by atoms with Crippen molar-refractivity contribution in [2.75, 3.05) is 36.5 Å². The van der Waals surface area contributed by atoms with Crippen LogP contribution < -0.4 is 9.80 Å². The lowest BCUT2D eigenvalue weighted by Crippen LogP contribution is -2.34. The van der Waals surface area contributed by atoms with E-state index in [-0.39, 0.29) is 0 Å². The molecule has 1 saturated heterocycles. The lowest BCUT2D eigenvalue weighted by molar-refractivity contribution is 0.436. The Labute approximate surface area is 116 Å². The van der Waals surface area contributed by atoms with Crippen molar-refractivity contribution in [2.24, 2.45) is 5.92 Å². The second-order valence-corrected chi connectivity index (χ2v) is 5.56. The molecule has 1 aliphatic heterocycles. The SMILES string of the molecule is CCCCN(C)c1nncc(N2CCC(C)CC2)n1. The second-order valence-electron chi connectivity index (χ2n) is 5.56. The monoisotopic (exact) mass is 263 g/mol. The Kier molecular flexibility index (Phi) is 4.93. The summed E-state index contributed by atoms with van der Waals surface area (Å²) in [4.78, 5) is 9.07. The Morgan fingerprint density at radius 1 is 1.37 bits per heavy atom. The largest absolute Gasteiger partial charge is 0.355 e. The molecule has 0 atom stereocenters. The van der Waals surface area contributed by atoms with Crippen LogP contribution in [0.5, 0.6) is 0 Å². The van der Waals surface area contributed by atoms with Crippen LogP contribution in [-0.2, 0) is 0 Å². The van der Waals surface area contributed by atoms with Crippen molar-refractivity contribution in [1.82, 2.24) is 15.2 Å². The van der Waals surface area contributed by atoms with Gasteiger partial charge in [-0.15, -0.1) is 5.10 Å². The average molecular weight is 263 g/mol. The minimum atomic E-state index is 0.740. The fourth-order valence-corrected chi connectivity index (χ4v) is 2.33. The summed E-state index contributed by atoms with van der Waals surface area (Å²) < 4.78 is 0. The highest BCUT2D eigenvalue weighted by atomic mass is 15.3. The number of anilines is 2. The van der Waals surface area contributed by atoms with E-state index in [0.717, 1.165) is 43.7 Å². The van der Waals surface area contributed by atoms with Gasteiger partial charge in [-0.1, -0.05) is 20.3 Å². The van der Waals surface area contributed by atoms with Gasteiger partial charge in [0.05, 0.1) is 6.20 Å². The molecule has 0 bridgehead atoms. The fourth-order valence-electron chi connectivity index (χ4n) is 2.33. The van der Waals surface area contributed by atoms with E-state index in [4.69, 9.17) is 0 Å². The first-order valence-electron chi connectivity index (χ1n) is 7.36. The highest BCUT2D eigenvalue weighted by Gasteiger charge is 2.18. The molecule has 0 spiro atoms. The molecule has 106 valence electrons. The minimum absolute atomic E-state index is 0.740. The maximum atomic E-state index is 4.65. The maximum absolute atomic E-state index is 4.65. The van der Waals surface area contributed by atoms with Gasteiger partial charge in [0.2, 0.25) is 5.95 Å². The van der Waals surface area contributed by atoms with E-state index in [9.17, 15) is 0 Å². The van der Waals surface area contributed by atoms with E-state index >= 15 is 0 Å². The maximum Gasteiger partial charge on any atom is 0.247 e. The van der Waals surface area contributed by atoms with Crippen LogP contribution >= 0.6 is 0 Å². The molecule has 0 saturated carbocycles. The predicted molar refractivity (Wildman–Crippen MR) is 78.6 cm³/mol. The zero-order chi connectivity index (χ0) is 13.7. The van der Waals surface area contributed by atoms with Crippen molar-refractivity contribution in [1.29, 1.82) is 0 Å². The topological polar surface area (TPSA) is 45.2 Å². The molecule has 0 unspecified atom stereocenters. The molecular formula is C14H25N5. The van der Waals surface area contributed by atoms with Gasteiger partial charge in [-0.2, -0.15) is 10.1 Å². The summed E-state index contributed by atoms with van der Waals surface area (Å²) in [5, 5.41) is 8.25. The molecule has 0 amide bonds. The highest BCUT2D eigenvalue weighted by molar-refractivity contribution is 5.41. The molecule has 2 rings (SSSR count). The number of hydrogen-bond acceptors (Lipinski definition) is 5. The lowest BCUT2D eigenvalue weighted by atomic mass is 9.99. The smallest absolute Gasteiger partial charge is 0.247 e. The van der Waals surface area contributed by atoms with E-state index in [2.05, 4.69) is 38.8 Å². The van der Waals surface area contributed by atoms with Crippen LogP contribution in [0.3, 0.4) is 0 Å². The number of aromatic nitrogens is 3. The Hall–Kier alpha value is -1.39. The van der Waals surface area contributed by atoms with E-state index in [0.29, 0.717) is 0 Å². The van der Waals surface area contributed by atoms with Crippen LogP contribution in [0.15, 0.2) is 6.20 Å². The van der Waals surface area contributed by atoms with Crippen LogP contribution in [-0.4, -0.2) is 41.9 Å². The first kappa shape index (κ1) is 14.0. The minimum Gasteiger partial charge on any atom is -0.355 e. The zero-order valence-corrected chi connectivity index (χ0v) is 12.3. The van der Waals surface area contributed by atoms with Gasteiger partial charge in [0.1, 0.15) is 0 Å². The van der Waals surface area contributed by atoms with Crippen molar-refractivity contribution in [3.63, 3.8) is 0 Å². The molecule has 0 N–H and O–H groups in total. The quantitative estimate of drug-likeness (QED) is 0.816. The zero-order valence-electron chi connectivity index (χ0n) is 12.3. The van der Waals surface area contributed by atoms with Crippen LogP contribution in [0.1, 0.15) is 39.5 Å². The highest BCUT2D eigenvalue weighted by Crippen LogP contribution is 2.21. The molecule has 5 nitrogen and oxygen atoms in total. The predicted octanol–water partition coefficient (Wildman–Crippen LogP) is 2.34. The third kappa shape index (κ3) is 3.78. The summed E-state index contributed by atoms with van der Waals surface area (Å²) in [6.07, 6.45) is 6.61. The lowest BCUT2D eigenvalue weighted by Gasteiger charge is -2.31. The molecule has 2 heterocycles. The van der Waals surface area contributed by atoms with Crippen molar-refractivity contribution in [3.8, 4) is 0 Å². The van der Waals surface area contributed by atoms with E-state index in [1.807, 2.05) is 7.05 Å². The molecule has 19 heavy (non-hydrogen) atoms. The number of nitrogens with zero attached hydrogens (tertiary/aromatic N) is 5. The normalized spacial score (nSPS) is 16.7. The Balaban J connectivity index is 2.02. The summed E-state index contributed by atoms with van der Waals surface area (Å²) in [6, 6.07) is 0. The molecule has 0 aliphatic carbocycles. The van der Waals surface area contributed by atoms with Gasteiger partial charge in [-0.3, -0.25) is 0 Å². The van der Waals surface area contributed by atoms with Gasteiger partial charge >= 0.3 is 0 Å².